The molecular weight excluding hydrogens is 370 g/mol. The van der Waals surface area contributed by atoms with Crippen molar-refractivity contribution in [2.45, 2.75) is 69.9 Å². The molecular formula is C18H34ClN5O3. The minimum Gasteiger partial charge on any atom is -0.354 e. The Morgan fingerprint density at radius 1 is 0.963 bits per heavy atom. The normalized spacial score (nSPS) is 20.3. The molecule has 1 saturated carbocycles. The molecule has 0 aromatic rings. The van der Waals surface area contributed by atoms with Gasteiger partial charge in [-0.3, -0.25) is 9.59 Å². The lowest BCUT2D eigenvalue weighted by atomic mass is 9.96. The molecule has 1 aliphatic carbocycles. The fourth-order valence-electron chi connectivity index (χ4n) is 3.73. The van der Waals surface area contributed by atoms with Gasteiger partial charge in [-0.1, -0.05) is 19.3 Å². The molecule has 0 radical (unpaired) electrons. The lowest BCUT2D eigenvalue weighted by molar-refractivity contribution is -0.134. The molecule has 4 amide bonds. The standard InChI is InChI=1S/C18H33N5O3.ClH/c19-10-9-16(24)20-12-15-8-4-5-11-23(15)17(25)13-21-18(26)22-14-6-2-1-3-7-14;/h14-15H,1-13,19H2,(H,20,24)(H2,21,22,26);1H. The van der Waals surface area contributed by atoms with Crippen LogP contribution in [-0.2, 0) is 9.59 Å². The van der Waals surface area contributed by atoms with Crippen molar-refractivity contribution in [3.63, 3.8) is 0 Å². The molecule has 5 N–H and O–H groups in total. The minimum atomic E-state index is -0.268. The first-order valence-electron chi connectivity index (χ1n) is 9.90. The fourth-order valence-corrected chi connectivity index (χ4v) is 3.73. The molecule has 1 saturated heterocycles. The van der Waals surface area contributed by atoms with Gasteiger partial charge in [-0.05, 0) is 32.1 Å². The molecule has 2 rings (SSSR count). The molecule has 9 heteroatoms. The summed E-state index contributed by atoms with van der Waals surface area (Å²) in [5.41, 5.74) is 5.38. The van der Waals surface area contributed by atoms with Gasteiger partial charge in [0.2, 0.25) is 11.8 Å². The molecule has 0 bridgehead atoms. The Labute approximate surface area is 167 Å². The molecule has 0 aromatic heterocycles. The third-order valence-corrected chi connectivity index (χ3v) is 5.19. The van der Waals surface area contributed by atoms with Crippen LogP contribution in [0.1, 0.15) is 57.8 Å². The van der Waals surface area contributed by atoms with E-state index in [0.717, 1.165) is 44.9 Å². The summed E-state index contributed by atoms with van der Waals surface area (Å²) in [6.45, 7) is 1.42. The van der Waals surface area contributed by atoms with Gasteiger partial charge in [0, 0.05) is 38.1 Å². The Morgan fingerprint density at radius 2 is 1.67 bits per heavy atom. The average Bonchev–Trinajstić information content (AvgIpc) is 2.66. The number of nitrogens with zero attached hydrogens (tertiary/aromatic N) is 1. The van der Waals surface area contributed by atoms with Crippen LogP contribution in [0.15, 0.2) is 0 Å². The molecule has 0 spiro atoms. The lowest BCUT2D eigenvalue weighted by Gasteiger charge is -2.36. The van der Waals surface area contributed by atoms with Crippen LogP contribution in [0.25, 0.3) is 0 Å². The van der Waals surface area contributed by atoms with Crippen molar-refractivity contribution in [1.29, 1.82) is 0 Å². The summed E-state index contributed by atoms with van der Waals surface area (Å²) in [7, 11) is 0. The second-order valence-corrected chi connectivity index (χ2v) is 7.24. The van der Waals surface area contributed by atoms with E-state index < -0.39 is 0 Å². The third-order valence-electron chi connectivity index (χ3n) is 5.19. The van der Waals surface area contributed by atoms with E-state index in [1.54, 1.807) is 4.90 Å². The van der Waals surface area contributed by atoms with Gasteiger partial charge in [-0.2, -0.15) is 0 Å². The number of piperidine rings is 1. The summed E-state index contributed by atoms with van der Waals surface area (Å²) in [6, 6.07) is -0.0596. The molecule has 2 fully saturated rings. The second-order valence-electron chi connectivity index (χ2n) is 7.24. The summed E-state index contributed by atoms with van der Waals surface area (Å²) < 4.78 is 0. The van der Waals surface area contributed by atoms with Crippen molar-refractivity contribution < 1.29 is 14.4 Å². The van der Waals surface area contributed by atoms with E-state index in [9.17, 15) is 14.4 Å². The molecule has 0 aromatic carbocycles. The van der Waals surface area contributed by atoms with E-state index in [-0.39, 0.29) is 48.9 Å². The Bertz CT molecular complexity index is 486. The minimum absolute atomic E-state index is 0. The van der Waals surface area contributed by atoms with Gasteiger partial charge in [0.1, 0.15) is 0 Å². The highest BCUT2D eigenvalue weighted by atomic mass is 35.5. The van der Waals surface area contributed by atoms with Crippen molar-refractivity contribution in [1.82, 2.24) is 20.9 Å². The van der Waals surface area contributed by atoms with Crippen LogP contribution in [0.3, 0.4) is 0 Å². The summed E-state index contributed by atoms with van der Waals surface area (Å²) in [5, 5.41) is 8.49. The molecule has 8 nitrogen and oxygen atoms in total. The maximum atomic E-state index is 12.5. The van der Waals surface area contributed by atoms with Gasteiger partial charge >= 0.3 is 6.03 Å². The zero-order valence-electron chi connectivity index (χ0n) is 16.0. The summed E-state index contributed by atoms with van der Waals surface area (Å²) in [6.07, 6.45) is 8.70. The average molecular weight is 404 g/mol. The van der Waals surface area contributed by atoms with Gasteiger partial charge in [-0.25, -0.2) is 4.79 Å². The van der Waals surface area contributed by atoms with E-state index in [1.165, 1.54) is 6.42 Å². The summed E-state index contributed by atoms with van der Waals surface area (Å²) in [4.78, 5) is 37.9. The Balaban J connectivity index is 0.00000364. The molecule has 1 atom stereocenters. The van der Waals surface area contributed by atoms with Gasteiger partial charge in [0.25, 0.3) is 0 Å². The van der Waals surface area contributed by atoms with Crippen molar-refractivity contribution >= 4 is 30.3 Å². The highest BCUT2D eigenvalue weighted by molar-refractivity contribution is 5.85. The van der Waals surface area contributed by atoms with Gasteiger partial charge in [0.05, 0.1) is 6.54 Å². The van der Waals surface area contributed by atoms with Crippen LogP contribution in [0.4, 0.5) is 4.79 Å². The van der Waals surface area contributed by atoms with Crippen LogP contribution in [0.2, 0.25) is 0 Å². The van der Waals surface area contributed by atoms with E-state index in [1.807, 2.05) is 0 Å². The third kappa shape index (κ3) is 8.34. The number of halogens is 1. The number of hydrogen-bond acceptors (Lipinski definition) is 4. The zero-order chi connectivity index (χ0) is 18.8. The van der Waals surface area contributed by atoms with Crippen LogP contribution in [0.5, 0.6) is 0 Å². The maximum absolute atomic E-state index is 12.5. The van der Waals surface area contributed by atoms with Crippen molar-refractivity contribution in [2.24, 2.45) is 5.73 Å². The number of nitrogens with one attached hydrogen (secondary N) is 3. The molecule has 27 heavy (non-hydrogen) atoms. The highest BCUT2D eigenvalue weighted by Crippen LogP contribution is 2.18. The van der Waals surface area contributed by atoms with Gasteiger partial charge in [-0.15, -0.1) is 12.4 Å². The van der Waals surface area contributed by atoms with Crippen molar-refractivity contribution in [2.75, 3.05) is 26.2 Å². The first kappa shape index (κ1) is 23.5. The largest absolute Gasteiger partial charge is 0.354 e. The van der Waals surface area contributed by atoms with E-state index in [0.29, 0.717) is 26.1 Å². The number of carbonyl (C=O) groups is 3. The maximum Gasteiger partial charge on any atom is 0.315 e. The topological polar surface area (TPSA) is 117 Å². The Kier molecular flexibility index (Phi) is 11.1. The second kappa shape index (κ2) is 12.8. The fraction of sp³-hybridized carbons (Fsp3) is 0.833. The number of hydrogen-bond donors (Lipinski definition) is 4. The number of amides is 4. The van der Waals surface area contributed by atoms with Gasteiger partial charge < -0.3 is 26.6 Å². The van der Waals surface area contributed by atoms with Crippen LogP contribution >= 0.6 is 12.4 Å². The van der Waals surface area contributed by atoms with Gasteiger partial charge in [0.15, 0.2) is 0 Å². The predicted molar refractivity (Wildman–Crippen MR) is 107 cm³/mol. The quantitative estimate of drug-likeness (QED) is 0.505. The first-order chi connectivity index (χ1) is 12.6. The molecule has 2 aliphatic rings. The SMILES string of the molecule is Cl.NCCC(=O)NCC1CCCCN1C(=O)CNC(=O)NC1CCCCC1. The highest BCUT2D eigenvalue weighted by Gasteiger charge is 2.27. The first-order valence-corrected chi connectivity index (χ1v) is 9.90. The van der Waals surface area contributed by atoms with Crippen molar-refractivity contribution in [3.8, 4) is 0 Å². The molecule has 1 heterocycles. The van der Waals surface area contributed by atoms with Crippen LogP contribution in [-0.4, -0.2) is 61.0 Å². The van der Waals surface area contributed by atoms with Crippen LogP contribution in [0, 0.1) is 0 Å². The number of nitrogens with two attached hydrogens (primary N) is 1. The summed E-state index contributed by atoms with van der Waals surface area (Å²) in [5.74, 6) is -0.183. The van der Waals surface area contributed by atoms with Crippen molar-refractivity contribution in [3.05, 3.63) is 0 Å². The smallest absolute Gasteiger partial charge is 0.315 e. The number of likely N-dealkylation sites (tertiary alicyclic amines) is 1. The Morgan fingerprint density at radius 3 is 2.37 bits per heavy atom. The molecule has 1 unspecified atom stereocenters. The van der Waals surface area contributed by atoms with E-state index >= 15 is 0 Å². The lowest BCUT2D eigenvalue weighted by Crippen LogP contribution is -2.53. The number of rotatable bonds is 7. The zero-order valence-corrected chi connectivity index (χ0v) is 16.8. The molecule has 156 valence electrons. The molecule has 1 aliphatic heterocycles. The Hall–Kier alpha value is -1.54. The van der Waals surface area contributed by atoms with E-state index in [4.69, 9.17) is 5.73 Å². The summed E-state index contributed by atoms with van der Waals surface area (Å²) >= 11 is 0. The predicted octanol–water partition coefficient (Wildman–Crippen LogP) is 0.886. The number of urea groups is 1. The van der Waals surface area contributed by atoms with Crippen LogP contribution < -0.4 is 21.7 Å². The monoisotopic (exact) mass is 403 g/mol. The van der Waals surface area contributed by atoms with E-state index in [2.05, 4.69) is 16.0 Å². The number of carbonyl (C=O) groups excluding carboxylic acids is 3.